The molecule has 2 aromatic heterocycles. The number of aromatic nitrogens is 1. The molecule has 0 saturated carbocycles. The van der Waals surface area contributed by atoms with E-state index in [1.807, 2.05) is 23.6 Å². The summed E-state index contributed by atoms with van der Waals surface area (Å²) in [7, 11) is 0. The maximum Gasteiger partial charge on any atom is 0.0795 e. The minimum atomic E-state index is 1.06. The van der Waals surface area contributed by atoms with Crippen molar-refractivity contribution < 1.29 is 0 Å². The van der Waals surface area contributed by atoms with Gasteiger partial charge in [0.1, 0.15) is 0 Å². The van der Waals surface area contributed by atoms with Gasteiger partial charge in [0.05, 0.1) is 5.52 Å². The highest BCUT2D eigenvalue weighted by atomic mass is 32.1. The molecule has 0 spiro atoms. The van der Waals surface area contributed by atoms with Gasteiger partial charge in [-0.1, -0.05) is 84.9 Å². The van der Waals surface area contributed by atoms with Crippen molar-refractivity contribution >= 4 is 70.2 Å². The molecule has 0 aliphatic heterocycles. The second-order valence-electron chi connectivity index (χ2n) is 10.0. The van der Waals surface area contributed by atoms with Gasteiger partial charge in [0, 0.05) is 54.2 Å². The Bertz CT molecular complexity index is 2110. The second-order valence-corrected chi connectivity index (χ2v) is 11.1. The second kappa shape index (κ2) is 9.33. The molecule has 8 aromatic rings. The molecule has 40 heavy (non-hydrogen) atoms. The van der Waals surface area contributed by atoms with Crippen molar-refractivity contribution in [2.45, 2.75) is 0 Å². The van der Waals surface area contributed by atoms with Crippen LogP contribution in [-0.4, -0.2) is 4.98 Å². The van der Waals surface area contributed by atoms with Gasteiger partial charge >= 0.3 is 0 Å². The normalized spacial score (nSPS) is 11.5. The fourth-order valence-electron chi connectivity index (χ4n) is 5.86. The van der Waals surface area contributed by atoms with Crippen LogP contribution in [0.3, 0.4) is 0 Å². The van der Waals surface area contributed by atoms with Gasteiger partial charge in [-0.25, -0.2) is 0 Å². The van der Waals surface area contributed by atoms with Crippen molar-refractivity contribution in [3.05, 3.63) is 146 Å². The van der Waals surface area contributed by atoms with E-state index in [0.717, 1.165) is 28.0 Å². The quantitative estimate of drug-likeness (QED) is 0.211. The fourth-order valence-corrected chi connectivity index (χ4v) is 7.11. The van der Waals surface area contributed by atoms with Crippen LogP contribution in [0.5, 0.6) is 0 Å². The van der Waals surface area contributed by atoms with Crippen molar-refractivity contribution in [1.29, 1.82) is 0 Å². The highest BCUT2D eigenvalue weighted by molar-refractivity contribution is 7.26. The summed E-state index contributed by atoms with van der Waals surface area (Å²) in [5, 5.41) is 6.25. The van der Waals surface area contributed by atoms with Crippen LogP contribution in [-0.2, 0) is 0 Å². The Morgan fingerprint density at radius 3 is 1.93 bits per heavy atom. The molecular formula is C37H24N2S. The Balaban J connectivity index is 1.33. The van der Waals surface area contributed by atoms with Crippen LogP contribution in [0.15, 0.2) is 146 Å². The van der Waals surface area contributed by atoms with Gasteiger partial charge in [-0.2, -0.15) is 0 Å². The van der Waals surface area contributed by atoms with Gasteiger partial charge in [-0.05, 0) is 71.1 Å². The monoisotopic (exact) mass is 528 g/mol. The molecule has 0 atom stereocenters. The van der Waals surface area contributed by atoms with Gasteiger partial charge in [0.15, 0.2) is 0 Å². The number of thiophene rings is 1. The Morgan fingerprint density at radius 2 is 1.18 bits per heavy atom. The van der Waals surface area contributed by atoms with E-state index in [1.54, 1.807) is 0 Å². The van der Waals surface area contributed by atoms with Crippen LogP contribution >= 0.6 is 11.3 Å². The van der Waals surface area contributed by atoms with Crippen LogP contribution in [0, 0.1) is 0 Å². The lowest BCUT2D eigenvalue weighted by molar-refractivity contribution is 1.28. The van der Waals surface area contributed by atoms with E-state index in [9.17, 15) is 0 Å². The van der Waals surface area contributed by atoms with Crippen LogP contribution in [0.25, 0.3) is 53.0 Å². The first-order valence-electron chi connectivity index (χ1n) is 13.5. The average Bonchev–Trinajstić information content (AvgIpc) is 3.41. The van der Waals surface area contributed by atoms with E-state index in [1.165, 1.54) is 42.1 Å². The predicted octanol–water partition coefficient (Wildman–Crippen LogP) is 10.9. The zero-order valence-corrected chi connectivity index (χ0v) is 22.5. The molecular weight excluding hydrogens is 504 g/mol. The summed E-state index contributed by atoms with van der Waals surface area (Å²) in [6.07, 6.45) is 1.91. The Labute approximate surface area is 236 Å². The Hall–Kier alpha value is -4.99. The van der Waals surface area contributed by atoms with Crippen molar-refractivity contribution in [3.8, 4) is 11.1 Å². The molecule has 2 nitrogen and oxygen atoms in total. The Morgan fingerprint density at radius 1 is 0.525 bits per heavy atom. The van der Waals surface area contributed by atoms with Crippen LogP contribution < -0.4 is 4.90 Å². The largest absolute Gasteiger partial charge is 0.311 e. The SMILES string of the molecule is c1ccc(N(c2ccccc2)c2ccc(-c3cc4cccnc4c4c3ccc3c5ccccc5sc34)cc2)cc1. The molecule has 0 unspecified atom stereocenters. The molecule has 0 amide bonds. The minimum absolute atomic E-state index is 1.06. The zero-order chi connectivity index (χ0) is 26.5. The Kier molecular flexibility index (Phi) is 5.35. The number of nitrogens with zero attached hydrogens (tertiary/aromatic N) is 2. The highest BCUT2D eigenvalue weighted by Crippen LogP contribution is 2.44. The van der Waals surface area contributed by atoms with E-state index in [0.29, 0.717) is 0 Å². The van der Waals surface area contributed by atoms with E-state index >= 15 is 0 Å². The van der Waals surface area contributed by atoms with Crippen LogP contribution in [0.2, 0.25) is 0 Å². The summed E-state index contributed by atoms with van der Waals surface area (Å²) in [5.41, 5.74) is 6.88. The lowest BCUT2D eigenvalue weighted by Gasteiger charge is -2.25. The van der Waals surface area contributed by atoms with Crippen LogP contribution in [0.4, 0.5) is 17.1 Å². The number of fused-ring (bicyclic) bond motifs is 7. The third-order valence-corrected chi connectivity index (χ3v) is 8.88. The van der Waals surface area contributed by atoms with Crippen molar-refractivity contribution in [3.63, 3.8) is 0 Å². The molecule has 0 bridgehead atoms. The molecule has 8 rings (SSSR count). The average molecular weight is 529 g/mol. The fraction of sp³-hybridized carbons (Fsp3) is 0. The van der Waals surface area contributed by atoms with Crippen LogP contribution in [0.1, 0.15) is 0 Å². The lowest BCUT2D eigenvalue weighted by Crippen LogP contribution is -2.09. The van der Waals surface area contributed by atoms with Crippen molar-refractivity contribution in [2.24, 2.45) is 0 Å². The number of rotatable bonds is 4. The lowest BCUT2D eigenvalue weighted by atomic mass is 9.94. The number of hydrogen-bond donors (Lipinski definition) is 0. The van der Waals surface area contributed by atoms with Crippen molar-refractivity contribution in [1.82, 2.24) is 4.98 Å². The number of anilines is 3. The van der Waals surface area contributed by atoms with Gasteiger partial charge in [-0.15, -0.1) is 11.3 Å². The molecule has 0 aliphatic carbocycles. The minimum Gasteiger partial charge on any atom is -0.311 e. The summed E-state index contributed by atoms with van der Waals surface area (Å²) in [5.74, 6) is 0. The first kappa shape index (κ1) is 22.9. The number of pyridine rings is 1. The van der Waals surface area contributed by atoms with Gasteiger partial charge in [0.2, 0.25) is 0 Å². The maximum atomic E-state index is 4.87. The third kappa shape index (κ3) is 3.67. The highest BCUT2D eigenvalue weighted by Gasteiger charge is 2.17. The predicted molar refractivity (Wildman–Crippen MR) is 172 cm³/mol. The first-order valence-corrected chi connectivity index (χ1v) is 14.3. The van der Waals surface area contributed by atoms with E-state index in [-0.39, 0.29) is 0 Å². The number of hydrogen-bond acceptors (Lipinski definition) is 3. The van der Waals surface area contributed by atoms with Gasteiger partial charge in [-0.3, -0.25) is 4.98 Å². The third-order valence-electron chi connectivity index (χ3n) is 7.68. The smallest absolute Gasteiger partial charge is 0.0795 e. The maximum absolute atomic E-state index is 4.87. The summed E-state index contributed by atoms with van der Waals surface area (Å²) < 4.78 is 2.62. The molecule has 0 N–H and O–H groups in total. The number of para-hydroxylation sites is 2. The van der Waals surface area contributed by atoms with Gasteiger partial charge in [0.25, 0.3) is 0 Å². The summed E-state index contributed by atoms with van der Waals surface area (Å²) in [4.78, 5) is 7.17. The molecule has 3 heteroatoms. The van der Waals surface area contributed by atoms with Gasteiger partial charge < -0.3 is 4.90 Å². The molecule has 0 aliphatic rings. The van der Waals surface area contributed by atoms with E-state index in [4.69, 9.17) is 4.98 Å². The molecule has 6 aromatic carbocycles. The molecule has 2 heterocycles. The molecule has 0 radical (unpaired) electrons. The van der Waals surface area contributed by atoms with Crippen molar-refractivity contribution in [2.75, 3.05) is 4.90 Å². The zero-order valence-electron chi connectivity index (χ0n) is 21.7. The topological polar surface area (TPSA) is 16.1 Å². The molecule has 0 saturated heterocycles. The first-order chi connectivity index (χ1) is 19.8. The summed E-state index contributed by atoms with van der Waals surface area (Å²) in [6.45, 7) is 0. The standard InChI is InChI=1S/C37H24N2S/c1-3-11-27(12-4-1)39(28-13-5-2-6-14-28)29-19-17-25(18-20-29)33-24-26-10-9-23-38-36(26)35-31(33)21-22-32-30-15-7-8-16-34(30)40-37(32)35/h1-24H. The van der Waals surface area contributed by atoms with E-state index in [2.05, 4.69) is 138 Å². The molecule has 188 valence electrons. The summed E-state index contributed by atoms with van der Waals surface area (Å²) >= 11 is 1.86. The molecule has 0 fully saturated rings. The summed E-state index contributed by atoms with van der Waals surface area (Å²) in [6, 6.07) is 49.8. The number of benzene rings is 6. The van der Waals surface area contributed by atoms with E-state index < -0.39 is 0 Å².